The molecule has 2 aromatic heterocycles. The van der Waals surface area contributed by atoms with Gasteiger partial charge in [0.2, 0.25) is 5.65 Å². The topological polar surface area (TPSA) is 137 Å². The Bertz CT molecular complexity index is 996. The molecular weight excluding hydrogens is 326 g/mol. The summed E-state index contributed by atoms with van der Waals surface area (Å²) in [4.78, 5) is 24.4. The van der Waals surface area contributed by atoms with Gasteiger partial charge in [-0.25, -0.2) is 4.79 Å². The van der Waals surface area contributed by atoms with E-state index >= 15 is 0 Å². The van der Waals surface area contributed by atoms with Crippen molar-refractivity contribution in [3.63, 3.8) is 0 Å². The first-order valence-electron chi connectivity index (χ1n) is 7.04. The maximum atomic E-state index is 12.5. The molecule has 25 heavy (non-hydrogen) atoms. The molecule has 126 valence electrons. The van der Waals surface area contributed by atoms with E-state index in [0.29, 0.717) is 5.56 Å². The van der Waals surface area contributed by atoms with E-state index in [1.54, 1.807) is 18.2 Å². The number of ether oxygens (including phenoxy) is 1. The third-order valence-electron chi connectivity index (χ3n) is 3.37. The zero-order valence-corrected chi connectivity index (χ0v) is 13.1. The number of tetrazole rings is 1. The number of hydrogen-bond donors (Lipinski definition) is 2. The molecule has 0 fully saturated rings. The average molecular weight is 339 g/mol. The van der Waals surface area contributed by atoms with E-state index in [2.05, 4.69) is 32.5 Å². The Morgan fingerprint density at radius 2 is 2.16 bits per heavy atom. The summed E-state index contributed by atoms with van der Waals surface area (Å²) in [6.07, 6.45) is 1.58. The van der Waals surface area contributed by atoms with Gasteiger partial charge in [0.05, 0.1) is 24.0 Å². The normalized spacial score (nSPS) is 10.4. The van der Waals surface area contributed by atoms with E-state index < -0.39 is 11.9 Å². The van der Waals surface area contributed by atoms with Crippen molar-refractivity contribution >= 4 is 35.0 Å². The van der Waals surface area contributed by atoms with Crippen molar-refractivity contribution in [3.05, 3.63) is 47.7 Å². The highest BCUT2D eigenvalue weighted by Gasteiger charge is 2.18. The molecule has 3 rings (SSSR count). The lowest BCUT2D eigenvalue weighted by Crippen LogP contribution is -2.18. The highest BCUT2D eigenvalue weighted by atomic mass is 16.5. The van der Waals surface area contributed by atoms with Gasteiger partial charge in [-0.05, 0) is 34.2 Å². The molecule has 3 N–H and O–H groups in total. The minimum Gasteiger partial charge on any atom is -0.465 e. The van der Waals surface area contributed by atoms with Crippen molar-refractivity contribution in [3.8, 4) is 0 Å². The van der Waals surface area contributed by atoms with Crippen LogP contribution >= 0.6 is 0 Å². The van der Waals surface area contributed by atoms with E-state index in [1.165, 1.54) is 19.2 Å². The quantitative estimate of drug-likeness (QED) is 0.665. The van der Waals surface area contributed by atoms with Crippen molar-refractivity contribution in [2.75, 3.05) is 18.2 Å². The van der Waals surface area contributed by atoms with Gasteiger partial charge in [0.25, 0.3) is 5.91 Å². The van der Waals surface area contributed by atoms with Crippen LogP contribution in [-0.4, -0.2) is 44.2 Å². The van der Waals surface area contributed by atoms with Crippen LogP contribution in [0.25, 0.3) is 11.7 Å². The van der Waals surface area contributed by atoms with E-state index in [0.717, 1.165) is 4.63 Å². The van der Waals surface area contributed by atoms with Gasteiger partial charge in [0.1, 0.15) is 0 Å². The van der Waals surface area contributed by atoms with Gasteiger partial charge in [-0.15, -0.1) is 14.8 Å². The molecule has 0 aliphatic heterocycles. The van der Waals surface area contributed by atoms with Gasteiger partial charge < -0.3 is 15.8 Å². The van der Waals surface area contributed by atoms with E-state index in [4.69, 9.17) is 10.5 Å². The molecule has 0 radical (unpaired) electrons. The molecule has 1 amide bonds. The Morgan fingerprint density at radius 1 is 1.36 bits per heavy atom. The number of fused-ring (bicyclic) bond motifs is 1. The third-order valence-corrected chi connectivity index (χ3v) is 3.37. The number of methoxy groups -OCH3 is 1. The van der Waals surface area contributed by atoms with Gasteiger partial charge >= 0.3 is 5.97 Å². The molecule has 3 aromatic rings. The minimum absolute atomic E-state index is 0.0166. The standard InChI is InChI=1S/C15H13N7O3/c1-3-8-4-5-9(15(24)25-2)11(6-8)17-14(23)12-7-10(16)13-18-20-21-22(13)19-12/h3-7H,1,16H2,2H3,(H,17,23). The second kappa shape index (κ2) is 6.35. The maximum absolute atomic E-state index is 12.5. The Kier molecular flexibility index (Phi) is 4.08. The van der Waals surface area contributed by atoms with Gasteiger partial charge in [-0.2, -0.15) is 0 Å². The van der Waals surface area contributed by atoms with Crippen LogP contribution in [0.5, 0.6) is 0 Å². The summed E-state index contributed by atoms with van der Waals surface area (Å²) in [5.74, 6) is -1.18. The number of nitrogens with one attached hydrogen (secondary N) is 1. The van der Waals surface area contributed by atoms with Crippen LogP contribution in [0.4, 0.5) is 11.4 Å². The summed E-state index contributed by atoms with van der Waals surface area (Å²) < 4.78 is 5.77. The third kappa shape index (κ3) is 3.00. The van der Waals surface area contributed by atoms with Crippen LogP contribution in [-0.2, 0) is 4.74 Å². The highest BCUT2D eigenvalue weighted by molar-refractivity contribution is 6.07. The predicted octanol–water partition coefficient (Wildman–Crippen LogP) is 0.783. The molecule has 0 spiro atoms. The number of anilines is 2. The number of hydrogen-bond acceptors (Lipinski definition) is 8. The number of carbonyl (C=O) groups excluding carboxylic acids is 2. The summed E-state index contributed by atoms with van der Waals surface area (Å²) in [6.45, 7) is 3.66. The molecule has 1 aromatic carbocycles. The molecule has 0 bridgehead atoms. The fourth-order valence-electron chi connectivity index (χ4n) is 2.14. The minimum atomic E-state index is -0.589. The van der Waals surface area contributed by atoms with Gasteiger partial charge in [-0.3, -0.25) is 4.79 Å². The summed E-state index contributed by atoms with van der Waals surface area (Å²) >= 11 is 0. The van der Waals surface area contributed by atoms with Crippen LogP contribution in [0.15, 0.2) is 30.8 Å². The molecule has 0 unspecified atom stereocenters. The zero-order valence-electron chi connectivity index (χ0n) is 13.1. The fraction of sp³-hybridized carbons (Fsp3) is 0.0667. The molecule has 10 heteroatoms. The summed E-state index contributed by atoms with van der Waals surface area (Å²) in [7, 11) is 1.25. The first-order valence-corrected chi connectivity index (χ1v) is 7.04. The molecule has 2 heterocycles. The van der Waals surface area contributed by atoms with Crippen LogP contribution in [0, 0.1) is 0 Å². The molecule has 0 aliphatic carbocycles. The van der Waals surface area contributed by atoms with Crippen molar-refractivity contribution in [1.82, 2.24) is 25.3 Å². The van der Waals surface area contributed by atoms with E-state index in [1.807, 2.05) is 0 Å². The Balaban J connectivity index is 1.98. The van der Waals surface area contributed by atoms with Crippen LogP contribution in [0.3, 0.4) is 0 Å². The lowest BCUT2D eigenvalue weighted by molar-refractivity contribution is 0.0602. The SMILES string of the molecule is C=Cc1ccc(C(=O)OC)c(NC(=O)c2cc(N)c3nnnn3n2)c1. The van der Waals surface area contributed by atoms with Gasteiger partial charge in [-0.1, -0.05) is 18.7 Å². The molecular formula is C15H13N7O3. The zero-order chi connectivity index (χ0) is 18.0. The molecule has 0 atom stereocenters. The average Bonchev–Trinajstić information content (AvgIpc) is 3.10. The smallest absolute Gasteiger partial charge is 0.339 e. The number of esters is 1. The molecule has 10 nitrogen and oxygen atoms in total. The first kappa shape index (κ1) is 16.1. The number of nitrogen functional groups attached to an aromatic ring is 1. The number of carbonyl (C=O) groups is 2. The Morgan fingerprint density at radius 3 is 2.88 bits per heavy atom. The van der Waals surface area contributed by atoms with E-state index in [9.17, 15) is 9.59 Å². The Labute approximate surface area is 141 Å². The largest absolute Gasteiger partial charge is 0.465 e. The lowest BCUT2D eigenvalue weighted by atomic mass is 10.1. The number of amides is 1. The lowest BCUT2D eigenvalue weighted by Gasteiger charge is -2.11. The summed E-state index contributed by atoms with van der Waals surface area (Å²) in [5.41, 5.74) is 7.38. The predicted molar refractivity (Wildman–Crippen MR) is 88.8 cm³/mol. The van der Waals surface area contributed by atoms with Crippen LogP contribution in [0.2, 0.25) is 0 Å². The van der Waals surface area contributed by atoms with Crippen LogP contribution in [0.1, 0.15) is 26.4 Å². The van der Waals surface area contributed by atoms with Crippen LogP contribution < -0.4 is 11.1 Å². The van der Waals surface area contributed by atoms with Crippen molar-refractivity contribution in [2.24, 2.45) is 0 Å². The first-order chi connectivity index (χ1) is 12.0. The monoisotopic (exact) mass is 339 g/mol. The van der Waals surface area contributed by atoms with Gasteiger partial charge in [0, 0.05) is 0 Å². The molecule has 0 saturated carbocycles. The Hall–Kier alpha value is -3.82. The maximum Gasteiger partial charge on any atom is 0.339 e. The van der Waals surface area contributed by atoms with E-state index in [-0.39, 0.29) is 28.3 Å². The number of nitrogens with two attached hydrogens (primary N) is 1. The number of nitrogens with zero attached hydrogens (tertiary/aromatic N) is 5. The second-order valence-corrected chi connectivity index (χ2v) is 4.93. The second-order valence-electron chi connectivity index (χ2n) is 4.93. The fourth-order valence-corrected chi connectivity index (χ4v) is 2.14. The van der Waals surface area contributed by atoms with Crippen molar-refractivity contribution in [2.45, 2.75) is 0 Å². The van der Waals surface area contributed by atoms with Crippen molar-refractivity contribution < 1.29 is 14.3 Å². The number of benzene rings is 1. The highest BCUT2D eigenvalue weighted by Crippen LogP contribution is 2.21. The summed E-state index contributed by atoms with van der Waals surface area (Å²) in [5, 5.41) is 17.3. The van der Waals surface area contributed by atoms with Crippen molar-refractivity contribution in [1.29, 1.82) is 0 Å². The summed E-state index contributed by atoms with van der Waals surface area (Å²) in [6, 6.07) is 6.15. The number of aromatic nitrogens is 5. The number of rotatable bonds is 4. The van der Waals surface area contributed by atoms with Gasteiger partial charge in [0.15, 0.2) is 5.69 Å². The molecule has 0 saturated heterocycles. The molecule has 0 aliphatic rings.